The Kier molecular flexibility index (Phi) is 7.06. The molecular formula is C26H24ClN3O2. The number of hydrogen-bond donors (Lipinski definition) is 0. The summed E-state index contributed by atoms with van der Waals surface area (Å²) < 4.78 is 5.43. The maximum absolute atomic E-state index is 13.1. The van der Waals surface area contributed by atoms with Crippen molar-refractivity contribution >= 4 is 17.5 Å². The molecule has 2 heterocycles. The molecule has 0 bridgehead atoms. The second-order valence-electron chi connectivity index (χ2n) is 7.58. The van der Waals surface area contributed by atoms with Gasteiger partial charge >= 0.3 is 0 Å². The number of carbonyl (C=O) groups excluding carboxylic acids is 1. The third-order valence-electron chi connectivity index (χ3n) is 5.39. The molecular weight excluding hydrogens is 422 g/mol. The largest absolute Gasteiger partial charge is 0.495 e. The van der Waals surface area contributed by atoms with Gasteiger partial charge < -0.3 is 9.64 Å². The van der Waals surface area contributed by atoms with Crippen molar-refractivity contribution in [3.05, 3.63) is 94.3 Å². The van der Waals surface area contributed by atoms with E-state index in [1.165, 1.54) is 5.56 Å². The molecule has 1 saturated heterocycles. The second kappa shape index (κ2) is 10.3. The zero-order valence-corrected chi connectivity index (χ0v) is 18.7. The summed E-state index contributed by atoms with van der Waals surface area (Å²) in [6.45, 7) is 3.83. The number of ether oxygens (including phenoxy) is 1. The van der Waals surface area contributed by atoms with Crippen LogP contribution in [0.15, 0.2) is 66.9 Å². The number of rotatable bonds is 4. The van der Waals surface area contributed by atoms with Crippen LogP contribution in [0.3, 0.4) is 0 Å². The number of pyridine rings is 1. The zero-order chi connectivity index (χ0) is 22.3. The average Bonchev–Trinajstić information content (AvgIpc) is 2.83. The summed E-state index contributed by atoms with van der Waals surface area (Å²) in [7, 11) is 1.60. The Morgan fingerprint density at radius 3 is 2.59 bits per heavy atom. The van der Waals surface area contributed by atoms with Gasteiger partial charge in [0.15, 0.2) is 0 Å². The van der Waals surface area contributed by atoms with Gasteiger partial charge in [0.05, 0.1) is 12.7 Å². The van der Waals surface area contributed by atoms with Crippen LogP contribution < -0.4 is 4.74 Å². The molecule has 32 heavy (non-hydrogen) atoms. The molecule has 6 heteroatoms. The average molecular weight is 446 g/mol. The first-order valence-corrected chi connectivity index (χ1v) is 10.9. The van der Waals surface area contributed by atoms with Gasteiger partial charge in [0.1, 0.15) is 11.4 Å². The Hall–Kier alpha value is -3.33. The molecule has 1 fully saturated rings. The van der Waals surface area contributed by atoms with E-state index in [0.717, 1.165) is 24.7 Å². The number of piperazine rings is 1. The number of nitrogens with zero attached hydrogens (tertiary/aromatic N) is 3. The predicted octanol–water partition coefficient (Wildman–Crippen LogP) is 4.10. The van der Waals surface area contributed by atoms with Crippen molar-refractivity contribution in [3.63, 3.8) is 0 Å². The monoisotopic (exact) mass is 445 g/mol. The molecule has 4 rings (SSSR count). The predicted molar refractivity (Wildman–Crippen MR) is 126 cm³/mol. The van der Waals surface area contributed by atoms with Crippen molar-refractivity contribution in [1.82, 2.24) is 14.8 Å². The van der Waals surface area contributed by atoms with E-state index in [1.54, 1.807) is 31.5 Å². The fraction of sp³-hybridized carbons (Fsp3) is 0.231. The van der Waals surface area contributed by atoms with E-state index in [-0.39, 0.29) is 5.91 Å². The lowest BCUT2D eigenvalue weighted by Crippen LogP contribution is -2.48. The van der Waals surface area contributed by atoms with Crippen LogP contribution in [0.1, 0.15) is 27.2 Å². The first kappa shape index (κ1) is 21.9. The van der Waals surface area contributed by atoms with Crippen molar-refractivity contribution in [2.45, 2.75) is 6.54 Å². The molecule has 0 spiro atoms. The second-order valence-corrected chi connectivity index (χ2v) is 8.01. The molecule has 0 radical (unpaired) electrons. The Balaban J connectivity index is 1.43. The smallest absolute Gasteiger partial charge is 0.253 e. The lowest BCUT2D eigenvalue weighted by atomic mass is 10.1. The highest BCUT2D eigenvalue weighted by molar-refractivity contribution is 6.30. The molecule has 1 amide bonds. The number of aromatic nitrogens is 1. The van der Waals surface area contributed by atoms with Crippen LogP contribution >= 0.6 is 11.6 Å². The van der Waals surface area contributed by atoms with Gasteiger partial charge in [0, 0.05) is 49.5 Å². The van der Waals surface area contributed by atoms with Crippen LogP contribution in [-0.2, 0) is 6.54 Å². The van der Waals surface area contributed by atoms with Crippen molar-refractivity contribution in [2.24, 2.45) is 0 Å². The summed E-state index contributed by atoms with van der Waals surface area (Å²) in [5.74, 6) is 6.77. The van der Waals surface area contributed by atoms with Gasteiger partial charge in [0.2, 0.25) is 0 Å². The summed E-state index contributed by atoms with van der Waals surface area (Å²) in [4.78, 5) is 21.6. The van der Waals surface area contributed by atoms with Crippen LogP contribution in [0.25, 0.3) is 0 Å². The van der Waals surface area contributed by atoms with Gasteiger partial charge in [0.25, 0.3) is 5.91 Å². The fourth-order valence-corrected chi connectivity index (χ4v) is 3.90. The Bertz CT molecular complexity index is 1150. The van der Waals surface area contributed by atoms with Crippen molar-refractivity contribution in [2.75, 3.05) is 33.3 Å². The maximum atomic E-state index is 13.1. The van der Waals surface area contributed by atoms with Gasteiger partial charge in [-0.25, -0.2) is 4.98 Å². The Morgan fingerprint density at radius 2 is 1.88 bits per heavy atom. The molecule has 1 aromatic heterocycles. The topological polar surface area (TPSA) is 45.7 Å². The molecule has 0 unspecified atom stereocenters. The minimum atomic E-state index is 0.0101. The molecule has 0 atom stereocenters. The highest BCUT2D eigenvalue weighted by Crippen LogP contribution is 2.21. The highest BCUT2D eigenvalue weighted by atomic mass is 35.5. The Labute approximate surface area is 193 Å². The molecule has 1 aliphatic heterocycles. The lowest BCUT2D eigenvalue weighted by molar-refractivity contribution is 0.0628. The van der Waals surface area contributed by atoms with Crippen molar-refractivity contribution < 1.29 is 9.53 Å². The summed E-state index contributed by atoms with van der Waals surface area (Å²) in [5.41, 5.74) is 3.13. The van der Waals surface area contributed by atoms with Crippen LogP contribution in [0.2, 0.25) is 5.02 Å². The molecule has 0 aliphatic carbocycles. The molecule has 0 N–H and O–H groups in total. The number of benzene rings is 2. The summed E-state index contributed by atoms with van der Waals surface area (Å²) in [6.07, 6.45) is 1.70. The number of halogens is 1. The van der Waals surface area contributed by atoms with E-state index >= 15 is 0 Å². The van der Waals surface area contributed by atoms with Crippen molar-refractivity contribution in [1.29, 1.82) is 0 Å². The van der Waals surface area contributed by atoms with Crippen LogP contribution in [0.5, 0.6) is 5.75 Å². The minimum Gasteiger partial charge on any atom is -0.495 e. The van der Waals surface area contributed by atoms with Gasteiger partial charge in [-0.3, -0.25) is 9.69 Å². The molecule has 5 nitrogen and oxygen atoms in total. The van der Waals surface area contributed by atoms with Crippen LogP contribution in [0.4, 0.5) is 0 Å². The van der Waals surface area contributed by atoms with Crippen LogP contribution in [-0.4, -0.2) is 54.0 Å². The number of carbonyl (C=O) groups is 1. The number of hydrogen-bond acceptors (Lipinski definition) is 4. The standard InChI is InChI=1S/C26H24ClN3O2/c1-32-25-11-9-22(18-21(25)8-10-24-7-2-3-12-28-24)26(31)30-15-13-29(14-16-30)19-20-5-4-6-23(27)17-20/h2-7,9,11-12,17-18H,13-16,19H2,1H3. The molecule has 162 valence electrons. The van der Waals surface area contributed by atoms with Gasteiger partial charge in [-0.2, -0.15) is 0 Å². The quantitative estimate of drug-likeness (QED) is 0.567. The van der Waals surface area contributed by atoms with E-state index < -0.39 is 0 Å². The van der Waals surface area contributed by atoms with E-state index in [2.05, 4.69) is 27.8 Å². The van der Waals surface area contributed by atoms with Gasteiger partial charge in [-0.15, -0.1) is 0 Å². The minimum absolute atomic E-state index is 0.0101. The van der Waals surface area contributed by atoms with E-state index in [9.17, 15) is 4.79 Å². The van der Waals surface area contributed by atoms with E-state index in [4.69, 9.17) is 16.3 Å². The first-order valence-electron chi connectivity index (χ1n) is 10.5. The molecule has 1 aliphatic rings. The summed E-state index contributed by atoms with van der Waals surface area (Å²) in [6, 6.07) is 18.9. The SMILES string of the molecule is COc1ccc(C(=O)N2CCN(Cc3cccc(Cl)c3)CC2)cc1C#Cc1ccccn1. The number of methoxy groups -OCH3 is 1. The highest BCUT2D eigenvalue weighted by Gasteiger charge is 2.23. The summed E-state index contributed by atoms with van der Waals surface area (Å²) >= 11 is 6.09. The normalized spacial score (nSPS) is 13.9. The Morgan fingerprint density at radius 1 is 1.03 bits per heavy atom. The number of amides is 1. The molecule has 2 aromatic carbocycles. The maximum Gasteiger partial charge on any atom is 0.253 e. The molecule has 3 aromatic rings. The van der Waals surface area contributed by atoms with Crippen molar-refractivity contribution in [3.8, 4) is 17.6 Å². The lowest BCUT2D eigenvalue weighted by Gasteiger charge is -2.34. The molecule has 0 saturated carbocycles. The van der Waals surface area contributed by atoms with Gasteiger partial charge in [-0.05, 0) is 53.9 Å². The summed E-state index contributed by atoms with van der Waals surface area (Å²) in [5, 5.41) is 0.748. The van der Waals surface area contributed by atoms with E-state index in [1.807, 2.05) is 41.3 Å². The van der Waals surface area contributed by atoms with Crippen LogP contribution in [0, 0.1) is 11.8 Å². The third-order valence-corrected chi connectivity index (χ3v) is 5.63. The third kappa shape index (κ3) is 5.47. The zero-order valence-electron chi connectivity index (χ0n) is 17.9. The first-order chi connectivity index (χ1) is 15.6. The van der Waals surface area contributed by atoms with E-state index in [0.29, 0.717) is 35.7 Å². The van der Waals surface area contributed by atoms with Gasteiger partial charge in [-0.1, -0.05) is 35.7 Å². The fourth-order valence-electron chi connectivity index (χ4n) is 3.69.